The molecular weight excluding hydrogens is 246 g/mol. The molecule has 0 amide bonds. The van der Waals surface area contributed by atoms with Crippen molar-refractivity contribution in [3.05, 3.63) is 30.5 Å². The van der Waals surface area contributed by atoms with Gasteiger partial charge in [0, 0.05) is 12.5 Å². The number of hydrogen-bond acceptors (Lipinski definition) is 7. The Kier molecular flexibility index (Phi) is 4.19. The highest BCUT2D eigenvalue weighted by Crippen LogP contribution is 2.28. The standard InChI is InChI=1S/C12H17N5O2/c1-8(6-9-4-3-5-19-9)16-11-10(18-2)12(17-13)15-7-14-11/h3-5,7-8H,6,13H2,1-2H3,(H2,14,15,16,17). The molecule has 1 atom stereocenters. The van der Waals surface area contributed by atoms with Gasteiger partial charge in [-0.2, -0.15) is 0 Å². The number of ether oxygens (including phenoxy) is 1. The minimum absolute atomic E-state index is 0.126. The molecule has 0 radical (unpaired) electrons. The molecule has 4 N–H and O–H groups in total. The molecule has 1 unspecified atom stereocenters. The molecule has 0 fully saturated rings. The number of nitrogens with one attached hydrogen (secondary N) is 2. The molecule has 0 saturated carbocycles. The van der Waals surface area contributed by atoms with Crippen LogP contribution in [0.1, 0.15) is 12.7 Å². The molecule has 2 heterocycles. The first-order valence-electron chi connectivity index (χ1n) is 5.89. The third kappa shape index (κ3) is 3.14. The van der Waals surface area contributed by atoms with Crippen LogP contribution in [0.5, 0.6) is 5.75 Å². The Morgan fingerprint density at radius 1 is 1.42 bits per heavy atom. The number of methoxy groups -OCH3 is 1. The molecular formula is C12H17N5O2. The van der Waals surface area contributed by atoms with Crippen molar-refractivity contribution in [2.75, 3.05) is 17.9 Å². The van der Waals surface area contributed by atoms with Crippen molar-refractivity contribution < 1.29 is 9.15 Å². The van der Waals surface area contributed by atoms with E-state index in [-0.39, 0.29) is 6.04 Å². The number of hydrazine groups is 1. The van der Waals surface area contributed by atoms with Crippen molar-refractivity contribution in [1.29, 1.82) is 0 Å². The molecule has 2 rings (SSSR count). The largest absolute Gasteiger partial charge is 0.490 e. The number of nitrogens with zero attached hydrogens (tertiary/aromatic N) is 2. The fourth-order valence-electron chi connectivity index (χ4n) is 1.79. The number of hydrogen-bond donors (Lipinski definition) is 3. The molecule has 0 saturated heterocycles. The predicted octanol–water partition coefficient (Wildman–Crippen LogP) is 1.41. The summed E-state index contributed by atoms with van der Waals surface area (Å²) in [7, 11) is 1.54. The van der Waals surface area contributed by atoms with E-state index in [2.05, 4.69) is 20.7 Å². The average Bonchev–Trinajstić information content (AvgIpc) is 2.91. The summed E-state index contributed by atoms with van der Waals surface area (Å²) in [5.74, 6) is 7.79. The van der Waals surface area contributed by atoms with Gasteiger partial charge < -0.3 is 19.9 Å². The first kappa shape index (κ1) is 13.2. The SMILES string of the molecule is COc1c(NN)ncnc1NC(C)Cc1ccco1. The van der Waals surface area contributed by atoms with E-state index in [0.29, 0.717) is 17.4 Å². The van der Waals surface area contributed by atoms with E-state index < -0.39 is 0 Å². The van der Waals surface area contributed by atoms with Gasteiger partial charge in [-0.3, -0.25) is 0 Å². The second-order valence-corrected chi connectivity index (χ2v) is 4.08. The van der Waals surface area contributed by atoms with Gasteiger partial charge in [0.1, 0.15) is 12.1 Å². The van der Waals surface area contributed by atoms with Gasteiger partial charge in [-0.25, -0.2) is 15.8 Å². The fraction of sp³-hybridized carbons (Fsp3) is 0.333. The van der Waals surface area contributed by atoms with Crippen molar-refractivity contribution in [2.24, 2.45) is 5.84 Å². The highest BCUT2D eigenvalue weighted by Gasteiger charge is 2.14. The van der Waals surface area contributed by atoms with E-state index in [1.165, 1.54) is 6.33 Å². The van der Waals surface area contributed by atoms with Crippen molar-refractivity contribution in [1.82, 2.24) is 9.97 Å². The summed E-state index contributed by atoms with van der Waals surface area (Å²) in [5.41, 5.74) is 2.47. The van der Waals surface area contributed by atoms with Gasteiger partial charge in [0.05, 0.1) is 13.4 Å². The van der Waals surface area contributed by atoms with Crippen LogP contribution in [0, 0.1) is 0 Å². The zero-order valence-electron chi connectivity index (χ0n) is 10.9. The molecule has 0 aliphatic rings. The van der Waals surface area contributed by atoms with Crippen LogP contribution in [0.15, 0.2) is 29.1 Å². The van der Waals surface area contributed by atoms with Crippen LogP contribution in [0.2, 0.25) is 0 Å². The van der Waals surface area contributed by atoms with E-state index in [1.807, 2.05) is 19.1 Å². The van der Waals surface area contributed by atoms with Gasteiger partial charge in [-0.1, -0.05) is 0 Å². The Labute approximate surface area is 111 Å². The summed E-state index contributed by atoms with van der Waals surface area (Å²) in [6.45, 7) is 2.03. The molecule has 0 aliphatic carbocycles. The maximum Gasteiger partial charge on any atom is 0.205 e. The van der Waals surface area contributed by atoms with Crippen molar-refractivity contribution in [3.8, 4) is 5.75 Å². The van der Waals surface area contributed by atoms with Gasteiger partial charge in [-0.05, 0) is 19.1 Å². The Bertz CT molecular complexity index is 515. The molecule has 0 aromatic carbocycles. The molecule has 102 valence electrons. The van der Waals surface area contributed by atoms with Crippen molar-refractivity contribution in [2.45, 2.75) is 19.4 Å². The van der Waals surface area contributed by atoms with E-state index in [0.717, 1.165) is 12.2 Å². The minimum atomic E-state index is 0.126. The second-order valence-electron chi connectivity index (χ2n) is 4.08. The summed E-state index contributed by atoms with van der Waals surface area (Å²) in [6.07, 6.45) is 3.81. The molecule has 7 nitrogen and oxygen atoms in total. The Hall–Kier alpha value is -2.28. The summed E-state index contributed by atoms with van der Waals surface area (Å²) in [6, 6.07) is 3.92. The second kappa shape index (κ2) is 6.05. The van der Waals surface area contributed by atoms with Gasteiger partial charge in [-0.15, -0.1) is 0 Å². The zero-order valence-corrected chi connectivity index (χ0v) is 10.9. The Balaban J connectivity index is 2.09. The molecule has 2 aromatic rings. The number of aromatic nitrogens is 2. The highest BCUT2D eigenvalue weighted by atomic mass is 16.5. The van der Waals surface area contributed by atoms with E-state index in [9.17, 15) is 0 Å². The van der Waals surface area contributed by atoms with Crippen LogP contribution in [0.25, 0.3) is 0 Å². The fourth-order valence-corrected chi connectivity index (χ4v) is 1.79. The van der Waals surface area contributed by atoms with Crippen LogP contribution in [0.3, 0.4) is 0 Å². The third-order valence-electron chi connectivity index (χ3n) is 2.62. The van der Waals surface area contributed by atoms with Gasteiger partial charge in [0.2, 0.25) is 5.75 Å². The van der Waals surface area contributed by atoms with Crippen LogP contribution in [-0.4, -0.2) is 23.1 Å². The lowest BCUT2D eigenvalue weighted by atomic mass is 10.2. The molecule has 0 bridgehead atoms. The van der Waals surface area contributed by atoms with Gasteiger partial charge in [0.15, 0.2) is 11.6 Å². The van der Waals surface area contributed by atoms with E-state index in [4.69, 9.17) is 15.0 Å². The molecule has 2 aromatic heterocycles. The number of nitrogens with two attached hydrogens (primary N) is 1. The van der Waals surface area contributed by atoms with Crippen LogP contribution >= 0.6 is 0 Å². The zero-order chi connectivity index (χ0) is 13.7. The van der Waals surface area contributed by atoms with Crippen molar-refractivity contribution >= 4 is 11.6 Å². The van der Waals surface area contributed by atoms with Gasteiger partial charge >= 0.3 is 0 Å². The first-order chi connectivity index (χ1) is 9.24. The molecule has 0 spiro atoms. The lowest BCUT2D eigenvalue weighted by Gasteiger charge is -2.16. The number of rotatable bonds is 6. The summed E-state index contributed by atoms with van der Waals surface area (Å²) in [4.78, 5) is 8.13. The minimum Gasteiger partial charge on any atom is -0.490 e. The third-order valence-corrected chi connectivity index (χ3v) is 2.62. The number of nitrogen functional groups attached to an aromatic ring is 1. The molecule has 0 aliphatic heterocycles. The van der Waals surface area contributed by atoms with Crippen LogP contribution in [-0.2, 0) is 6.42 Å². The number of anilines is 2. The summed E-state index contributed by atoms with van der Waals surface area (Å²) >= 11 is 0. The molecule has 7 heteroatoms. The highest BCUT2D eigenvalue weighted by molar-refractivity contribution is 5.63. The maximum absolute atomic E-state index is 5.37. The Morgan fingerprint density at radius 2 is 2.21 bits per heavy atom. The van der Waals surface area contributed by atoms with Gasteiger partial charge in [0.25, 0.3) is 0 Å². The maximum atomic E-state index is 5.37. The molecule has 19 heavy (non-hydrogen) atoms. The first-order valence-corrected chi connectivity index (χ1v) is 5.89. The summed E-state index contributed by atoms with van der Waals surface area (Å²) in [5, 5.41) is 3.24. The topological polar surface area (TPSA) is 98.2 Å². The van der Waals surface area contributed by atoms with E-state index >= 15 is 0 Å². The monoisotopic (exact) mass is 263 g/mol. The normalized spacial score (nSPS) is 11.9. The average molecular weight is 263 g/mol. The lowest BCUT2D eigenvalue weighted by molar-refractivity contribution is 0.414. The smallest absolute Gasteiger partial charge is 0.205 e. The lowest BCUT2D eigenvalue weighted by Crippen LogP contribution is -2.20. The van der Waals surface area contributed by atoms with Crippen LogP contribution in [0.4, 0.5) is 11.6 Å². The summed E-state index contributed by atoms with van der Waals surface area (Å²) < 4.78 is 10.6. The Morgan fingerprint density at radius 3 is 2.84 bits per heavy atom. The quantitative estimate of drug-likeness (QED) is 0.535. The predicted molar refractivity (Wildman–Crippen MR) is 71.9 cm³/mol. The van der Waals surface area contributed by atoms with Crippen molar-refractivity contribution in [3.63, 3.8) is 0 Å². The number of furan rings is 1. The van der Waals surface area contributed by atoms with E-state index in [1.54, 1.807) is 13.4 Å². The van der Waals surface area contributed by atoms with Crippen LogP contribution < -0.4 is 21.3 Å².